The number of aromatic nitrogens is 2. The topological polar surface area (TPSA) is 58.1 Å². The fraction of sp³-hybridized carbons (Fsp3) is 0.389. The predicted octanol–water partition coefficient (Wildman–Crippen LogP) is 5.24. The summed E-state index contributed by atoms with van der Waals surface area (Å²) >= 11 is 11.8. The number of amides is 2. The van der Waals surface area contributed by atoms with Crippen molar-refractivity contribution in [2.75, 3.05) is 5.32 Å². The molecule has 0 aromatic carbocycles. The fourth-order valence-electron chi connectivity index (χ4n) is 3.46. The summed E-state index contributed by atoms with van der Waals surface area (Å²) in [6.07, 6.45) is 3.24. The highest BCUT2D eigenvalue weighted by Gasteiger charge is 2.37. The van der Waals surface area contributed by atoms with Gasteiger partial charge in [0, 0.05) is 17.8 Å². The number of carbonyl (C=O) groups excluding carboxylic acids is 1. The molecule has 5 nitrogen and oxygen atoms in total. The van der Waals surface area contributed by atoms with Crippen molar-refractivity contribution in [1.82, 2.24) is 14.9 Å². The Bertz CT molecular complexity index is 833. The number of carbonyl (C=O) groups is 1. The first-order valence-electron chi connectivity index (χ1n) is 8.50. The van der Waals surface area contributed by atoms with Gasteiger partial charge in [-0.15, -0.1) is 0 Å². The summed E-state index contributed by atoms with van der Waals surface area (Å²) in [4.78, 5) is 22.6. The van der Waals surface area contributed by atoms with Crippen LogP contribution in [-0.4, -0.2) is 26.9 Å². The van der Waals surface area contributed by atoms with Crippen LogP contribution in [-0.2, 0) is 6.42 Å². The van der Waals surface area contributed by atoms with Crippen LogP contribution in [0.5, 0.6) is 0 Å². The molecule has 0 saturated carbocycles. The first-order valence-corrected chi connectivity index (χ1v) is 9.26. The highest BCUT2D eigenvalue weighted by molar-refractivity contribution is 6.41. The van der Waals surface area contributed by atoms with Gasteiger partial charge >= 0.3 is 6.03 Å². The van der Waals surface area contributed by atoms with Gasteiger partial charge in [-0.05, 0) is 43.0 Å². The second kappa shape index (κ2) is 7.76. The lowest BCUT2D eigenvalue weighted by Crippen LogP contribution is -2.49. The highest BCUT2D eigenvalue weighted by atomic mass is 35.5. The molecule has 0 saturated heterocycles. The number of anilines is 1. The van der Waals surface area contributed by atoms with Gasteiger partial charge in [0.1, 0.15) is 11.0 Å². The Morgan fingerprint density at radius 1 is 1.31 bits per heavy atom. The van der Waals surface area contributed by atoms with E-state index >= 15 is 0 Å². The summed E-state index contributed by atoms with van der Waals surface area (Å²) in [6, 6.07) is 4.30. The van der Waals surface area contributed by atoms with Crippen LogP contribution in [0.1, 0.15) is 43.9 Å². The first-order chi connectivity index (χ1) is 12.5. The van der Waals surface area contributed by atoms with Crippen molar-refractivity contribution in [2.24, 2.45) is 0 Å². The molecule has 0 spiro atoms. The lowest BCUT2D eigenvalue weighted by molar-refractivity contribution is 0.137. The van der Waals surface area contributed by atoms with Crippen LogP contribution in [0.2, 0.25) is 10.2 Å². The summed E-state index contributed by atoms with van der Waals surface area (Å²) in [6.45, 7) is 3.96. The number of hydrogen-bond donors (Lipinski definition) is 1. The molecule has 3 heterocycles. The van der Waals surface area contributed by atoms with Crippen molar-refractivity contribution in [3.05, 3.63) is 51.6 Å². The van der Waals surface area contributed by atoms with E-state index in [2.05, 4.69) is 15.3 Å². The quantitative estimate of drug-likeness (QED) is 0.721. The summed E-state index contributed by atoms with van der Waals surface area (Å²) in [5.41, 5.74) is 1.41. The molecule has 1 unspecified atom stereocenters. The van der Waals surface area contributed by atoms with E-state index in [4.69, 9.17) is 23.2 Å². The van der Waals surface area contributed by atoms with Gasteiger partial charge in [0.15, 0.2) is 0 Å². The predicted molar refractivity (Wildman–Crippen MR) is 100 cm³/mol. The summed E-state index contributed by atoms with van der Waals surface area (Å²) in [7, 11) is 0. The molecule has 1 N–H and O–H groups in total. The molecule has 2 atom stereocenters. The van der Waals surface area contributed by atoms with E-state index < -0.39 is 5.95 Å². The summed E-state index contributed by atoms with van der Waals surface area (Å²) in [5, 5.41) is 3.22. The third kappa shape index (κ3) is 3.48. The average molecular weight is 397 g/mol. The zero-order valence-corrected chi connectivity index (χ0v) is 16.0. The lowest BCUT2D eigenvalue weighted by Gasteiger charge is -2.42. The van der Waals surface area contributed by atoms with Gasteiger partial charge in [-0.25, -0.2) is 14.8 Å². The van der Waals surface area contributed by atoms with E-state index in [-0.39, 0.29) is 23.3 Å². The van der Waals surface area contributed by atoms with Crippen LogP contribution >= 0.6 is 23.2 Å². The van der Waals surface area contributed by atoms with Gasteiger partial charge in [-0.3, -0.25) is 5.32 Å². The monoisotopic (exact) mass is 396 g/mol. The van der Waals surface area contributed by atoms with Crippen LogP contribution in [0.15, 0.2) is 24.4 Å². The molecule has 2 aromatic rings. The van der Waals surface area contributed by atoms with E-state index in [1.807, 2.05) is 13.8 Å². The Hall–Kier alpha value is -1.92. The number of urea groups is 1. The Labute approximate surface area is 161 Å². The number of rotatable bonds is 3. The lowest BCUT2D eigenvalue weighted by atomic mass is 9.87. The summed E-state index contributed by atoms with van der Waals surface area (Å²) in [5.74, 6) is -0.133. The SMILES string of the molecule is CCC1c2ccnc(F)c2C[C@H](CC)N1C(=O)Nc1ccc(Cl)c(Cl)n1. The molecule has 0 fully saturated rings. The highest BCUT2D eigenvalue weighted by Crippen LogP contribution is 2.37. The number of halogens is 3. The maximum atomic E-state index is 14.2. The number of hydrogen-bond acceptors (Lipinski definition) is 3. The molecule has 8 heteroatoms. The molecule has 1 aliphatic heterocycles. The summed E-state index contributed by atoms with van der Waals surface area (Å²) < 4.78 is 14.2. The van der Waals surface area contributed by atoms with Gasteiger partial charge in [0.25, 0.3) is 0 Å². The van der Waals surface area contributed by atoms with Crippen molar-refractivity contribution in [2.45, 2.75) is 45.2 Å². The zero-order chi connectivity index (χ0) is 18.8. The van der Waals surface area contributed by atoms with Gasteiger partial charge in [-0.2, -0.15) is 4.39 Å². The molecular formula is C18H19Cl2FN4O. The average Bonchev–Trinajstić information content (AvgIpc) is 2.63. The number of pyridine rings is 2. The minimum absolute atomic E-state index is 0.126. The Kier molecular flexibility index (Phi) is 5.63. The van der Waals surface area contributed by atoms with Crippen molar-refractivity contribution in [3.8, 4) is 0 Å². The molecule has 26 heavy (non-hydrogen) atoms. The van der Waals surface area contributed by atoms with Gasteiger partial charge in [0.05, 0.1) is 11.1 Å². The molecule has 0 aliphatic carbocycles. The zero-order valence-electron chi connectivity index (χ0n) is 14.5. The maximum Gasteiger partial charge on any atom is 0.323 e. The van der Waals surface area contributed by atoms with Crippen LogP contribution in [0.25, 0.3) is 0 Å². The molecule has 0 radical (unpaired) electrons. The second-order valence-corrected chi connectivity index (χ2v) is 6.93. The van der Waals surface area contributed by atoms with Crippen molar-refractivity contribution < 1.29 is 9.18 Å². The Balaban J connectivity index is 1.93. The van der Waals surface area contributed by atoms with Crippen molar-refractivity contribution in [1.29, 1.82) is 0 Å². The minimum atomic E-state index is -0.453. The minimum Gasteiger partial charge on any atom is -0.314 e. The van der Waals surface area contributed by atoms with E-state index in [0.29, 0.717) is 35.7 Å². The standard InChI is InChI=1S/C18H19Cl2FN4O/c1-3-10-9-12-11(7-8-22-17(12)21)14(4-2)25(10)18(26)24-15-6-5-13(19)16(20)23-15/h5-8,10,14H,3-4,9H2,1-2H3,(H,23,24,26)/t10-,14?/m0/s1. The van der Waals surface area contributed by atoms with E-state index in [1.54, 1.807) is 23.1 Å². The number of nitrogens with one attached hydrogen (secondary N) is 1. The van der Waals surface area contributed by atoms with Crippen molar-refractivity contribution >= 4 is 35.1 Å². The third-order valence-corrected chi connectivity index (χ3v) is 5.39. The van der Waals surface area contributed by atoms with Crippen LogP contribution in [0, 0.1) is 5.95 Å². The van der Waals surface area contributed by atoms with E-state index in [0.717, 1.165) is 5.56 Å². The maximum absolute atomic E-state index is 14.2. The Morgan fingerprint density at radius 2 is 2.08 bits per heavy atom. The normalized spacial score (nSPS) is 19.2. The fourth-order valence-corrected chi connectivity index (χ4v) is 3.72. The van der Waals surface area contributed by atoms with Gasteiger partial charge < -0.3 is 4.90 Å². The number of nitrogens with zero attached hydrogens (tertiary/aromatic N) is 3. The largest absolute Gasteiger partial charge is 0.323 e. The number of fused-ring (bicyclic) bond motifs is 1. The van der Waals surface area contributed by atoms with Crippen LogP contribution in [0.4, 0.5) is 15.0 Å². The van der Waals surface area contributed by atoms with Gasteiger partial charge in [-0.1, -0.05) is 37.0 Å². The molecule has 2 aromatic heterocycles. The molecule has 138 valence electrons. The molecule has 2 amide bonds. The van der Waals surface area contributed by atoms with E-state index in [9.17, 15) is 9.18 Å². The van der Waals surface area contributed by atoms with Crippen LogP contribution < -0.4 is 5.32 Å². The molecule has 3 rings (SSSR count). The molecule has 0 bridgehead atoms. The smallest absolute Gasteiger partial charge is 0.314 e. The van der Waals surface area contributed by atoms with E-state index in [1.165, 1.54) is 6.20 Å². The van der Waals surface area contributed by atoms with Crippen molar-refractivity contribution in [3.63, 3.8) is 0 Å². The first kappa shape index (κ1) is 18.9. The Morgan fingerprint density at radius 3 is 2.73 bits per heavy atom. The molecule has 1 aliphatic rings. The second-order valence-electron chi connectivity index (χ2n) is 6.17. The third-order valence-electron chi connectivity index (χ3n) is 4.70. The van der Waals surface area contributed by atoms with Crippen LogP contribution in [0.3, 0.4) is 0 Å². The van der Waals surface area contributed by atoms with Gasteiger partial charge in [0.2, 0.25) is 5.95 Å². The molecular weight excluding hydrogens is 378 g/mol.